The third kappa shape index (κ3) is 2.83. The van der Waals surface area contributed by atoms with Crippen LogP contribution in [0.25, 0.3) is 0 Å². The fourth-order valence-corrected chi connectivity index (χ4v) is 3.22. The molecule has 3 rings (SSSR count). The van der Waals surface area contributed by atoms with Gasteiger partial charge >= 0.3 is 0 Å². The molecular formula is C18H20ClN. The molecule has 0 aliphatic heterocycles. The molecule has 1 aliphatic rings. The van der Waals surface area contributed by atoms with Gasteiger partial charge in [-0.3, -0.25) is 0 Å². The molecule has 0 amide bonds. The summed E-state index contributed by atoms with van der Waals surface area (Å²) < 4.78 is 0. The summed E-state index contributed by atoms with van der Waals surface area (Å²) in [7, 11) is 0. The van der Waals surface area contributed by atoms with Crippen LogP contribution in [0.5, 0.6) is 0 Å². The molecule has 1 nitrogen and oxygen atoms in total. The highest BCUT2D eigenvalue weighted by molar-refractivity contribution is 6.30. The molecule has 0 radical (unpaired) electrons. The molecule has 2 aromatic rings. The molecule has 0 bridgehead atoms. The number of nitrogens with one attached hydrogen (secondary N) is 1. The Balaban J connectivity index is 1.78. The second-order valence-electron chi connectivity index (χ2n) is 5.57. The number of halogens is 1. The third-order valence-electron chi connectivity index (χ3n) is 4.17. The predicted octanol–water partition coefficient (Wildman–Crippen LogP) is 5.14. The van der Waals surface area contributed by atoms with Gasteiger partial charge in [-0.1, -0.05) is 29.8 Å². The quantitative estimate of drug-likeness (QED) is 0.823. The van der Waals surface area contributed by atoms with Crippen LogP contribution in [-0.4, -0.2) is 0 Å². The van der Waals surface area contributed by atoms with Gasteiger partial charge in [0, 0.05) is 17.3 Å². The van der Waals surface area contributed by atoms with E-state index in [1.54, 1.807) is 0 Å². The van der Waals surface area contributed by atoms with Gasteiger partial charge in [0.15, 0.2) is 0 Å². The van der Waals surface area contributed by atoms with Gasteiger partial charge in [0.25, 0.3) is 0 Å². The second-order valence-corrected chi connectivity index (χ2v) is 6.01. The van der Waals surface area contributed by atoms with Crippen LogP contribution in [0, 0.1) is 6.92 Å². The van der Waals surface area contributed by atoms with Crippen molar-refractivity contribution in [2.45, 2.75) is 39.2 Å². The first-order valence-electron chi connectivity index (χ1n) is 7.34. The molecule has 104 valence electrons. The molecule has 2 aromatic carbocycles. The highest BCUT2D eigenvalue weighted by atomic mass is 35.5. The topological polar surface area (TPSA) is 12.0 Å². The van der Waals surface area contributed by atoms with Crippen molar-refractivity contribution < 1.29 is 0 Å². The lowest BCUT2D eigenvalue weighted by Gasteiger charge is -2.20. The molecule has 0 atom stereocenters. The van der Waals surface area contributed by atoms with E-state index in [2.05, 4.69) is 36.5 Å². The summed E-state index contributed by atoms with van der Waals surface area (Å²) in [5, 5.41) is 4.41. The van der Waals surface area contributed by atoms with Crippen LogP contribution in [0.4, 0.5) is 5.69 Å². The molecule has 20 heavy (non-hydrogen) atoms. The maximum Gasteiger partial charge on any atom is 0.0408 e. The van der Waals surface area contributed by atoms with E-state index in [4.69, 9.17) is 11.6 Å². The number of rotatable bonds is 3. The standard InChI is InChI=1S/C18H20ClN/c1-13-11-16(19)10-9-15(13)12-20-18-8-4-6-14-5-2-3-7-17(14)18/h4,6,8-11,20H,2-3,5,7,12H2,1H3. The highest BCUT2D eigenvalue weighted by Crippen LogP contribution is 2.28. The van der Waals surface area contributed by atoms with Crippen LogP contribution in [0.3, 0.4) is 0 Å². The number of anilines is 1. The first-order chi connectivity index (χ1) is 9.74. The van der Waals surface area contributed by atoms with Crippen LogP contribution < -0.4 is 5.32 Å². The van der Waals surface area contributed by atoms with Crippen molar-refractivity contribution >= 4 is 17.3 Å². The Bertz CT molecular complexity index is 619. The van der Waals surface area contributed by atoms with Gasteiger partial charge in [0.1, 0.15) is 0 Å². The smallest absolute Gasteiger partial charge is 0.0408 e. The van der Waals surface area contributed by atoms with Gasteiger partial charge < -0.3 is 5.32 Å². The molecule has 1 aliphatic carbocycles. The number of hydrogen-bond donors (Lipinski definition) is 1. The summed E-state index contributed by atoms with van der Waals surface area (Å²) in [6.45, 7) is 2.98. The van der Waals surface area contributed by atoms with Gasteiger partial charge in [-0.25, -0.2) is 0 Å². The lowest BCUT2D eigenvalue weighted by Crippen LogP contribution is -2.09. The highest BCUT2D eigenvalue weighted by Gasteiger charge is 2.12. The van der Waals surface area contributed by atoms with Crippen molar-refractivity contribution in [2.75, 3.05) is 5.32 Å². The zero-order valence-electron chi connectivity index (χ0n) is 11.9. The van der Waals surface area contributed by atoms with E-state index < -0.39 is 0 Å². The maximum absolute atomic E-state index is 6.01. The van der Waals surface area contributed by atoms with Crippen LogP contribution in [0.2, 0.25) is 5.02 Å². The molecule has 2 heteroatoms. The zero-order chi connectivity index (χ0) is 13.9. The van der Waals surface area contributed by atoms with Gasteiger partial charge in [-0.15, -0.1) is 0 Å². The largest absolute Gasteiger partial charge is 0.381 e. The Kier molecular flexibility index (Phi) is 3.98. The minimum Gasteiger partial charge on any atom is -0.381 e. The second kappa shape index (κ2) is 5.88. The Morgan fingerprint density at radius 1 is 1.10 bits per heavy atom. The van der Waals surface area contributed by atoms with E-state index in [-0.39, 0.29) is 0 Å². The number of hydrogen-bond acceptors (Lipinski definition) is 1. The van der Waals surface area contributed by atoms with Gasteiger partial charge in [0.2, 0.25) is 0 Å². The molecule has 0 saturated carbocycles. The minimum atomic E-state index is 0.809. The zero-order valence-corrected chi connectivity index (χ0v) is 12.6. The summed E-state index contributed by atoms with van der Waals surface area (Å²) in [6, 6.07) is 12.7. The number of aryl methyl sites for hydroxylation is 2. The predicted molar refractivity (Wildman–Crippen MR) is 86.6 cm³/mol. The van der Waals surface area contributed by atoms with E-state index in [1.807, 2.05) is 12.1 Å². The Morgan fingerprint density at radius 3 is 2.80 bits per heavy atom. The summed E-state index contributed by atoms with van der Waals surface area (Å²) in [6.07, 6.45) is 5.07. The fourth-order valence-electron chi connectivity index (χ4n) is 3.00. The Morgan fingerprint density at radius 2 is 1.95 bits per heavy atom. The molecule has 1 N–H and O–H groups in total. The van der Waals surface area contributed by atoms with Crippen molar-refractivity contribution in [3.05, 3.63) is 63.7 Å². The molecule has 0 saturated heterocycles. The molecular weight excluding hydrogens is 266 g/mol. The molecule has 0 fully saturated rings. The SMILES string of the molecule is Cc1cc(Cl)ccc1CNc1cccc2c1CCCC2. The average molecular weight is 286 g/mol. The summed E-state index contributed by atoms with van der Waals surface area (Å²) in [5.74, 6) is 0. The number of fused-ring (bicyclic) bond motifs is 1. The molecule has 0 spiro atoms. The van der Waals surface area contributed by atoms with Crippen molar-refractivity contribution in [3.8, 4) is 0 Å². The van der Waals surface area contributed by atoms with Crippen molar-refractivity contribution in [3.63, 3.8) is 0 Å². The molecule has 0 unspecified atom stereocenters. The first-order valence-corrected chi connectivity index (χ1v) is 7.71. The monoisotopic (exact) mass is 285 g/mol. The van der Waals surface area contributed by atoms with Gasteiger partial charge in [-0.05, 0) is 73.1 Å². The lowest BCUT2D eigenvalue weighted by molar-refractivity contribution is 0.686. The maximum atomic E-state index is 6.01. The lowest BCUT2D eigenvalue weighted by atomic mass is 9.90. The van der Waals surface area contributed by atoms with Gasteiger partial charge in [-0.2, -0.15) is 0 Å². The first kappa shape index (κ1) is 13.5. The van der Waals surface area contributed by atoms with Crippen LogP contribution in [0.1, 0.15) is 35.1 Å². The summed E-state index contributed by atoms with van der Waals surface area (Å²) >= 11 is 6.01. The van der Waals surface area contributed by atoms with Crippen molar-refractivity contribution in [1.29, 1.82) is 0 Å². The molecule has 0 heterocycles. The normalized spacial score (nSPS) is 13.9. The van der Waals surface area contributed by atoms with Crippen LogP contribution in [0.15, 0.2) is 36.4 Å². The minimum absolute atomic E-state index is 0.809. The fraction of sp³-hybridized carbons (Fsp3) is 0.333. The van der Waals surface area contributed by atoms with Crippen molar-refractivity contribution in [1.82, 2.24) is 0 Å². The van der Waals surface area contributed by atoms with Crippen LogP contribution >= 0.6 is 11.6 Å². The Hall–Kier alpha value is -1.47. The van der Waals surface area contributed by atoms with Gasteiger partial charge in [0.05, 0.1) is 0 Å². The Labute approximate surface area is 126 Å². The third-order valence-corrected chi connectivity index (χ3v) is 4.40. The van der Waals surface area contributed by atoms with E-state index in [1.165, 1.54) is 53.6 Å². The van der Waals surface area contributed by atoms with E-state index in [0.717, 1.165) is 11.6 Å². The molecule has 0 aromatic heterocycles. The average Bonchev–Trinajstić information content (AvgIpc) is 2.46. The van der Waals surface area contributed by atoms with Crippen molar-refractivity contribution in [2.24, 2.45) is 0 Å². The van der Waals surface area contributed by atoms with E-state index in [0.29, 0.717) is 0 Å². The number of benzene rings is 2. The van der Waals surface area contributed by atoms with Crippen LogP contribution in [-0.2, 0) is 19.4 Å². The summed E-state index contributed by atoms with van der Waals surface area (Å²) in [5.41, 5.74) is 6.90. The van der Waals surface area contributed by atoms with E-state index >= 15 is 0 Å². The summed E-state index contributed by atoms with van der Waals surface area (Å²) in [4.78, 5) is 0. The van der Waals surface area contributed by atoms with E-state index in [9.17, 15) is 0 Å².